The monoisotopic (exact) mass is 260 g/mol. The summed E-state index contributed by atoms with van der Waals surface area (Å²) in [6, 6.07) is 6.10. The van der Waals surface area contributed by atoms with E-state index in [4.69, 9.17) is 5.26 Å². The summed E-state index contributed by atoms with van der Waals surface area (Å²) in [5.74, 6) is -0.712. The highest BCUT2D eigenvalue weighted by Gasteiger charge is 2.23. The number of nitrogens with zero attached hydrogens (tertiary/aromatic N) is 2. The molecule has 5 heteroatoms. The number of non-ortho nitro benzene ring substituents is 1. The SMILES string of the molecule is Cc1cc([N+](=O)[O-])ccc1C(=O)C(C#N)CC(C)C. The van der Waals surface area contributed by atoms with Crippen LogP contribution in [-0.2, 0) is 0 Å². The first-order valence-corrected chi connectivity index (χ1v) is 6.05. The van der Waals surface area contributed by atoms with Crippen LogP contribution < -0.4 is 0 Å². The molecule has 1 unspecified atom stereocenters. The van der Waals surface area contributed by atoms with Crippen molar-refractivity contribution in [2.75, 3.05) is 0 Å². The van der Waals surface area contributed by atoms with Crippen LogP contribution in [0.2, 0.25) is 0 Å². The average Bonchev–Trinajstić information content (AvgIpc) is 2.34. The minimum atomic E-state index is -0.694. The van der Waals surface area contributed by atoms with E-state index in [1.165, 1.54) is 18.2 Å². The lowest BCUT2D eigenvalue weighted by atomic mass is 9.89. The van der Waals surface area contributed by atoms with Crippen molar-refractivity contribution in [1.82, 2.24) is 0 Å². The van der Waals surface area contributed by atoms with Crippen molar-refractivity contribution in [2.24, 2.45) is 11.8 Å². The number of carbonyl (C=O) groups is 1. The summed E-state index contributed by atoms with van der Waals surface area (Å²) in [4.78, 5) is 22.4. The molecule has 0 aliphatic rings. The summed E-state index contributed by atoms with van der Waals surface area (Å²) in [7, 11) is 0. The number of rotatable bonds is 5. The molecule has 0 spiro atoms. The van der Waals surface area contributed by atoms with Crippen LogP contribution in [0.1, 0.15) is 36.2 Å². The highest BCUT2D eigenvalue weighted by molar-refractivity contribution is 6.00. The van der Waals surface area contributed by atoms with Gasteiger partial charge in [-0.25, -0.2) is 0 Å². The number of hydrogen-bond acceptors (Lipinski definition) is 4. The highest BCUT2D eigenvalue weighted by Crippen LogP contribution is 2.22. The summed E-state index contributed by atoms with van der Waals surface area (Å²) in [5, 5.41) is 19.7. The van der Waals surface area contributed by atoms with Gasteiger partial charge in [-0.05, 0) is 30.9 Å². The summed E-state index contributed by atoms with van der Waals surface area (Å²) in [6.07, 6.45) is 0.492. The normalized spacial score (nSPS) is 11.9. The Bertz CT molecular complexity index is 544. The molecule has 0 fully saturated rings. The molecule has 0 radical (unpaired) electrons. The Morgan fingerprint density at radius 2 is 2.11 bits per heavy atom. The van der Waals surface area contributed by atoms with Gasteiger partial charge in [-0.1, -0.05) is 13.8 Å². The lowest BCUT2D eigenvalue weighted by Crippen LogP contribution is -2.16. The van der Waals surface area contributed by atoms with Gasteiger partial charge in [-0.2, -0.15) is 5.26 Å². The molecule has 19 heavy (non-hydrogen) atoms. The summed E-state index contributed by atoms with van der Waals surface area (Å²) in [5.41, 5.74) is 0.868. The number of nitriles is 1. The van der Waals surface area contributed by atoms with E-state index in [0.717, 1.165) is 0 Å². The van der Waals surface area contributed by atoms with E-state index in [1.807, 2.05) is 19.9 Å². The first-order valence-electron chi connectivity index (χ1n) is 6.05. The number of carbonyl (C=O) groups excluding carboxylic acids is 1. The smallest absolute Gasteiger partial charge is 0.269 e. The van der Waals surface area contributed by atoms with E-state index in [2.05, 4.69) is 0 Å². The lowest BCUT2D eigenvalue weighted by molar-refractivity contribution is -0.384. The fraction of sp³-hybridized carbons (Fsp3) is 0.429. The van der Waals surface area contributed by atoms with Crippen molar-refractivity contribution >= 4 is 11.5 Å². The first-order chi connectivity index (χ1) is 8.86. The highest BCUT2D eigenvalue weighted by atomic mass is 16.6. The summed E-state index contributed by atoms with van der Waals surface area (Å²) in [6.45, 7) is 5.53. The van der Waals surface area contributed by atoms with E-state index in [0.29, 0.717) is 17.5 Å². The number of benzene rings is 1. The number of aryl methyl sites for hydroxylation is 1. The van der Waals surface area contributed by atoms with Gasteiger partial charge in [0.05, 0.1) is 11.0 Å². The van der Waals surface area contributed by atoms with Gasteiger partial charge >= 0.3 is 0 Å². The van der Waals surface area contributed by atoms with E-state index in [1.54, 1.807) is 6.92 Å². The van der Waals surface area contributed by atoms with Gasteiger partial charge in [0, 0.05) is 17.7 Å². The van der Waals surface area contributed by atoms with Crippen LogP contribution in [0.4, 0.5) is 5.69 Å². The predicted molar refractivity (Wildman–Crippen MR) is 70.7 cm³/mol. The fourth-order valence-electron chi connectivity index (χ4n) is 1.92. The molecule has 0 aliphatic heterocycles. The Labute approximate surface area is 112 Å². The third kappa shape index (κ3) is 3.62. The number of nitro groups is 1. The van der Waals surface area contributed by atoms with Crippen LogP contribution in [-0.4, -0.2) is 10.7 Å². The maximum Gasteiger partial charge on any atom is 0.269 e. The minimum absolute atomic E-state index is 0.0496. The Hall–Kier alpha value is -2.22. The summed E-state index contributed by atoms with van der Waals surface area (Å²) >= 11 is 0. The molecule has 0 saturated carbocycles. The van der Waals surface area contributed by atoms with Crippen molar-refractivity contribution < 1.29 is 9.72 Å². The van der Waals surface area contributed by atoms with Crippen LogP contribution >= 0.6 is 0 Å². The molecule has 1 rings (SSSR count). The molecule has 0 saturated heterocycles. The second-order valence-corrected chi connectivity index (χ2v) is 4.93. The molecule has 0 aromatic heterocycles. The number of ketones is 1. The Balaban J connectivity index is 3.06. The molecule has 5 nitrogen and oxygen atoms in total. The van der Waals surface area contributed by atoms with Gasteiger partial charge in [-0.15, -0.1) is 0 Å². The molecule has 1 aromatic rings. The fourth-order valence-corrected chi connectivity index (χ4v) is 1.92. The molecule has 0 amide bonds. The molecule has 0 heterocycles. The van der Waals surface area contributed by atoms with E-state index in [-0.39, 0.29) is 17.4 Å². The van der Waals surface area contributed by atoms with Crippen LogP contribution in [0.15, 0.2) is 18.2 Å². The molecule has 1 atom stereocenters. The van der Waals surface area contributed by atoms with Crippen molar-refractivity contribution in [3.8, 4) is 6.07 Å². The van der Waals surface area contributed by atoms with Gasteiger partial charge in [0.15, 0.2) is 5.78 Å². The Morgan fingerprint density at radius 1 is 1.47 bits per heavy atom. The van der Waals surface area contributed by atoms with Gasteiger partial charge in [0.2, 0.25) is 0 Å². The molecular formula is C14H16N2O3. The summed E-state index contributed by atoms with van der Waals surface area (Å²) < 4.78 is 0. The van der Waals surface area contributed by atoms with Crippen molar-refractivity contribution in [3.05, 3.63) is 39.4 Å². The maximum atomic E-state index is 12.2. The lowest BCUT2D eigenvalue weighted by Gasteiger charge is -2.12. The molecule has 100 valence electrons. The third-order valence-corrected chi connectivity index (χ3v) is 2.87. The molecular weight excluding hydrogens is 244 g/mol. The van der Waals surface area contributed by atoms with Crippen LogP contribution in [0.5, 0.6) is 0 Å². The Kier molecular flexibility index (Phi) is 4.76. The molecule has 0 N–H and O–H groups in total. The Morgan fingerprint density at radius 3 is 2.53 bits per heavy atom. The van der Waals surface area contributed by atoms with E-state index >= 15 is 0 Å². The van der Waals surface area contributed by atoms with Crippen molar-refractivity contribution in [2.45, 2.75) is 27.2 Å². The number of nitro benzene ring substituents is 1. The molecule has 1 aromatic carbocycles. The molecule has 0 aliphatic carbocycles. The van der Waals surface area contributed by atoms with Gasteiger partial charge in [-0.3, -0.25) is 14.9 Å². The molecule has 0 bridgehead atoms. The van der Waals surface area contributed by atoms with Gasteiger partial charge in [0.25, 0.3) is 5.69 Å². The van der Waals surface area contributed by atoms with Gasteiger partial charge < -0.3 is 0 Å². The zero-order chi connectivity index (χ0) is 14.6. The number of hydrogen-bond donors (Lipinski definition) is 0. The topological polar surface area (TPSA) is 84.0 Å². The zero-order valence-electron chi connectivity index (χ0n) is 11.2. The minimum Gasteiger partial charge on any atom is -0.293 e. The van der Waals surface area contributed by atoms with Crippen LogP contribution in [0.3, 0.4) is 0 Å². The predicted octanol–water partition coefficient (Wildman–Crippen LogP) is 3.27. The van der Waals surface area contributed by atoms with E-state index in [9.17, 15) is 14.9 Å². The van der Waals surface area contributed by atoms with Gasteiger partial charge in [0.1, 0.15) is 5.92 Å². The van der Waals surface area contributed by atoms with Crippen molar-refractivity contribution in [3.63, 3.8) is 0 Å². The quantitative estimate of drug-likeness (QED) is 0.462. The maximum absolute atomic E-state index is 12.2. The third-order valence-electron chi connectivity index (χ3n) is 2.87. The van der Waals surface area contributed by atoms with Crippen LogP contribution in [0, 0.1) is 40.2 Å². The standard InChI is InChI=1S/C14H16N2O3/c1-9(2)6-11(8-15)14(17)13-5-4-12(16(18)19)7-10(13)3/h4-5,7,9,11H,6H2,1-3H3. The van der Waals surface area contributed by atoms with Crippen molar-refractivity contribution in [1.29, 1.82) is 5.26 Å². The second kappa shape index (κ2) is 6.10. The average molecular weight is 260 g/mol. The van der Waals surface area contributed by atoms with Crippen LogP contribution in [0.25, 0.3) is 0 Å². The number of Topliss-reactive ketones (excluding diaryl/α,β-unsaturated/α-hetero) is 1. The first kappa shape index (κ1) is 14.8. The largest absolute Gasteiger partial charge is 0.293 e. The van der Waals surface area contributed by atoms with E-state index < -0.39 is 10.8 Å². The second-order valence-electron chi connectivity index (χ2n) is 4.93. The zero-order valence-corrected chi connectivity index (χ0v) is 11.2.